The minimum atomic E-state index is 0.521. The fourth-order valence-corrected chi connectivity index (χ4v) is 0.413. The van der Waals surface area contributed by atoms with Crippen LogP contribution in [-0.2, 0) is 0 Å². The topological polar surface area (TPSA) is 150 Å². The largest absolute Gasteiger partial charge is 0.330 e. The van der Waals surface area contributed by atoms with E-state index in [1.807, 2.05) is 0 Å². The van der Waals surface area contributed by atoms with Gasteiger partial charge in [0.1, 0.15) is 0 Å². The molecule has 8 heteroatoms. The summed E-state index contributed by atoms with van der Waals surface area (Å²) in [4.78, 5) is 5.09. The molecule has 0 aromatic rings. The lowest BCUT2D eigenvalue weighted by atomic mass is 10.4. The van der Waals surface area contributed by atoms with Gasteiger partial charge in [-0.25, -0.2) is 0 Å². The van der Waals surface area contributed by atoms with E-state index in [0.29, 0.717) is 26.2 Å². The van der Waals surface area contributed by atoms with Crippen LogP contribution in [0.15, 0.2) is 10.2 Å². The third kappa shape index (κ3) is 22.4. The summed E-state index contributed by atoms with van der Waals surface area (Å²) in [6, 6.07) is 0. The Labute approximate surface area is 82.5 Å². The molecular weight excluding hydrogens is 184 g/mol. The van der Waals surface area contributed by atoms with Gasteiger partial charge in [-0.2, -0.15) is 0 Å². The Morgan fingerprint density at radius 2 is 1.21 bits per heavy atom. The maximum atomic E-state index is 7.71. The monoisotopic (exact) mass is 200 g/mol. The molecule has 8 nitrogen and oxygen atoms in total. The first-order valence-electron chi connectivity index (χ1n) is 4.25. The van der Waals surface area contributed by atoms with Crippen LogP contribution >= 0.6 is 0 Å². The van der Waals surface area contributed by atoms with Gasteiger partial charge < -0.3 is 11.5 Å². The fourth-order valence-electron chi connectivity index (χ4n) is 0.413. The molecule has 0 unspecified atom stereocenters. The third-order valence-electron chi connectivity index (χ3n) is 1.05. The molecule has 0 aromatic heterocycles. The van der Waals surface area contributed by atoms with Crippen molar-refractivity contribution in [1.29, 1.82) is 0 Å². The van der Waals surface area contributed by atoms with Crippen molar-refractivity contribution < 1.29 is 0 Å². The highest BCUT2D eigenvalue weighted by Gasteiger charge is 1.74. The quantitative estimate of drug-likeness (QED) is 0.287. The van der Waals surface area contributed by atoms with Crippen molar-refractivity contribution in [3.8, 4) is 0 Å². The molecule has 0 spiro atoms. The average Bonchev–Trinajstić information content (AvgIpc) is 2.21. The molecule has 0 bridgehead atoms. The zero-order valence-electron chi connectivity index (χ0n) is 8.08. The predicted molar refractivity (Wildman–Crippen MR) is 55.4 cm³/mol. The maximum absolute atomic E-state index is 7.71. The van der Waals surface area contributed by atoms with Gasteiger partial charge in [0.15, 0.2) is 0 Å². The molecule has 0 heterocycles. The molecule has 0 aliphatic carbocycles. The lowest BCUT2D eigenvalue weighted by molar-refractivity contribution is 0.838. The van der Waals surface area contributed by atoms with Crippen LogP contribution in [0.25, 0.3) is 20.9 Å². The van der Waals surface area contributed by atoms with Crippen molar-refractivity contribution in [2.45, 2.75) is 12.8 Å². The number of rotatable bonds is 6. The minimum Gasteiger partial charge on any atom is -0.330 e. The van der Waals surface area contributed by atoms with Crippen LogP contribution in [0.3, 0.4) is 0 Å². The Morgan fingerprint density at radius 3 is 1.43 bits per heavy atom. The molecule has 0 aliphatic heterocycles. The van der Waals surface area contributed by atoms with Gasteiger partial charge in [0, 0.05) is 22.9 Å². The molecule has 0 saturated heterocycles. The molecule has 14 heavy (non-hydrogen) atoms. The standard InChI is InChI=1S/2C3H8N4/c2*4-2-1-3-6-7-5/h2*1-4H2. The van der Waals surface area contributed by atoms with E-state index in [2.05, 4.69) is 20.1 Å². The number of hydrogen-bond acceptors (Lipinski definition) is 4. The zero-order chi connectivity index (χ0) is 11.1. The van der Waals surface area contributed by atoms with Gasteiger partial charge in [-0.1, -0.05) is 10.2 Å². The summed E-state index contributed by atoms with van der Waals surface area (Å²) >= 11 is 0. The second kappa shape index (κ2) is 17.6. The summed E-state index contributed by atoms with van der Waals surface area (Å²) in [5.41, 5.74) is 25.6. The number of nitrogens with zero attached hydrogens (tertiary/aromatic N) is 6. The second-order valence-electron chi connectivity index (χ2n) is 2.19. The summed E-state index contributed by atoms with van der Waals surface area (Å²) in [6.07, 6.45) is 1.56. The molecule has 0 fully saturated rings. The Kier molecular flexibility index (Phi) is 18.9. The van der Waals surface area contributed by atoms with Gasteiger partial charge in [-0.05, 0) is 37.0 Å². The van der Waals surface area contributed by atoms with Crippen molar-refractivity contribution in [1.82, 2.24) is 0 Å². The summed E-state index contributed by atoms with van der Waals surface area (Å²) in [5, 5.41) is 6.52. The molecule has 0 aromatic carbocycles. The molecule has 0 amide bonds. The summed E-state index contributed by atoms with van der Waals surface area (Å²) < 4.78 is 0. The zero-order valence-corrected chi connectivity index (χ0v) is 8.08. The van der Waals surface area contributed by atoms with E-state index >= 15 is 0 Å². The van der Waals surface area contributed by atoms with Crippen LogP contribution < -0.4 is 11.5 Å². The van der Waals surface area contributed by atoms with E-state index in [-0.39, 0.29) is 0 Å². The van der Waals surface area contributed by atoms with Crippen LogP contribution in [0.1, 0.15) is 12.8 Å². The lowest BCUT2D eigenvalue weighted by Gasteiger charge is -1.81. The Balaban J connectivity index is 0. The fraction of sp³-hybridized carbons (Fsp3) is 1.00. The van der Waals surface area contributed by atoms with Crippen LogP contribution in [-0.4, -0.2) is 26.2 Å². The number of azide groups is 2. The van der Waals surface area contributed by atoms with E-state index in [4.69, 9.17) is 22.5 Å². The lowest BCUT2D eigenvalue weighted by Crippen LogP contribution is -1.98. The first-order chi connectivity index (χ1) is 6.83. The molecule has 0 aliphatic rings. The Hall–Kier alpha value is -1.46. The summed E-state index contributed by atoms with van der Waals surface area (Å²) in [5.74, 6) is 0. The van der Waals surface area contributed by atoms with Gasteiger partial charge in [0.05, 0.1) is 0 Å². The number of hydrogen-bond donors (Lipinski definition) is 2. The molecule has 0 radical (unpaired) electrons. The van der Waals surface area contributed by atoms with E-state index < -0.39 is 0 Å². The molecule has 0 rings (SSSR count). The third-order valence-corrected chi connectivity index (χ3v) is 1.05. The second-order valence-corrected chi connectivity index (χ2v) is 2.19. The van der Waals surface area contributed by atoms with Crippen LogP contribution in [0.2, 0.25) is 0 Å². The van der Waals surface area contributed by atoms with E-state index in [9.17, 15) is 0 Å². The van der Waals surface area contributed by atoms with Crippen molar-refractivity contribution in [3.05, 3.63) is 20.9 Å². The predicted octanol–water partition coefficient (Wildman–Crippen LogP) is 1.29. The smallest absolute Gasteiger partial charge is 0.0269 e. The van der Waals surface area contributed by atoms with Crippen LogP contribution in [0.5, 0.6) is 0 Å². The van der Waals surface area contributed by atoms with E-state index in [1.165, 1.54) is 0 Å². The van der Waals surface area contributed by atoms with Crippen molar-refractivity contribution in [3.63, 3.8) is 0 Å². The minimum absolute atomic E-state index is 0.521. The summed E-state index contributed by atoms with van der Waals surface area (Å²) in [6.45, 7) is 2.23. The molecule has 0 saturated carbocycles. The molecule has 4 N–H and O–H groups in total. The Morgan fingerprint density at radius 1 is 0.857 bits per heavy atom. The first kappa shape index (κ1) is 15.0. The van der Waals surface area contributed by atoms with Gasteiger partial charge in [-0.3, -0.25) is 0 Å². The highest BCUT2D eigenvalue weighted by Crippen LogP contribution is 1.75. The first-order valence-corrected chi connectivity index (χ1v) is 4.25. The van der Waals surface area contributed by atoms with E-state index in [1.54, 1.807) is 0 Å². The maximum Gasteiger partial charge on any atom is 0.0269 e. The van der Waals surface area contributed by atoms with Crippen molar-refractivity contribution in [2.24, 2.45) is 21.7 Å². The van der Waals surface area contributed by atoms with E-state index in [0.717, 1.165) is 12.8 Å². The SMILES string of the molecule is [N-]=[N+]=NCCCN.[N-]=[N+]=NCCCN. The molecule has 0 atom stereocenters. The highest BCUT2D eigenvalue weighted by molar-refractivity contribution is 4.46. The van der Waals surface area contributed by atoms with Crippen molar-refractivity contribution in [2.75, 3.05) is 26.2 Å². The average molecular weight is 200 g/mol. The molecule has 80 valence electrons. The van der Waals surface area contributed by atoms with Crippen LogP contribution in [0, 0.1) is 0 Å². The van der Waals surface area contributed by atoms with Crippen LogP contribution in [0.4, 0.5) is 0 Å². The van der Waals surface area contributed by atoms with Crippen molar-refractivity contribution >= 4 is 0 Å². The van der Waals surface area contributed by atoms with Gasteiger partial charge in [0.25, 0.3) is 0 Å². The van der Waals surface area contributed by atoms with Gasteiger partial charge in [0.2, 0.25) is 0 Å². The molecular formula is C6H16N8. The number of nitrogens with two attached hydrogens (primary N) is 2. The Bertz CT molecular complexity index is 168. The highest BCUT2D eigenvalue weighted by atomic mass is 15.1. The normalized spacial score (nSPS) is 7.57. The summed E-state index contributed by atoms with van der Waals surface area (Å²) in [7, 11) is 0. The van der Waals surface area contributed by atoms with Gasteiger partial charge >= 0.3 is 0 Å². The van der Waals surface area contributed by atoms with Gasteiger partial charge in [-0.15, -0.1) is 0 Å².